The third-order valence-electron chi connectivity index (χ3n) is 1.84. The fourth-order valence-electron chi connectivity index (χ4n) is 1.13. The lowest BCUT2D eigenvalue weighted by molar-refractivity contribution is 0.1000. The first-order chi connectivity index (χ1) is 6.77. The molecule has 0 aromatic carbocycles. The molecule has 70 valence electrons. The van der Waals surface area contributed by atoms with Crippen LogP contribution in [0.3, 0.4) is 0 Å². The van der Waals surface area contributed by atoms with Crippen LogP contribution in [0, 0.1) is 0 Å². The van der Waals surface area contributed by atoms with Gasteiger partial charge in [0.15, 0.2) is 0 Å². The fourth-order valence-corrected chi connectivity index (χ4v) is 1.13. The number of rotatable bonds is 2. The molecule has 0 saturated heterocycles. The van der Waals surface area contributed by atoms with Crippen LogP contribution in [-0.4, -0.2) is 21.1 Å². The normalized spacial score (nSPS) is 10.0. The second-order valence-corrected chi connectivity index (χ2v) is 2.78. The van der Waals surface area contributed by atoms with Crippen LogP contribution in [0.2, 0.25) is 0 Å². The van der Waals surface area contributed by atoms with Crippen molar-refractivity contribution in [3.05, 3.63) is 36.3 Å². The molecule has 0 bridgehead atoms. The number of carbonyl (C=O) groups excluding carboxylic acids is 1. The van der Waals surface area contributed by atoms with Crippen molar-refractivity contribution in [3.63, 3.8) is 0 Å². The number of hydrogen-bond acceptors (Lipinski definition) is 3. The standard InChI is InChI=1S/C9H8N4O/c10-9(14)6-1-2-11-8(3-6)7-4-12-13-5-7/h1-5H,(H2,10,14)(H,12,13). The second kappa shape index (κ2) is 3.29. The lowest BCUT2D eigenvalue weighted by Crippen LogP contribution is -2.10. The van der Waals surface area contributed by atoms with Crippen molar-refractivity contribution in [2.75, 3.05) is 0 Å². The first-order valence-corrected chi connectivity index (χ1v) is 4.02. The van der Waals surface area contributed by atoms with Crippen molar-refractivity contribution in [2.24, 2.45) is 5.73 Å². The molecule has 0 atom stereocenters. The zero-order valence-electron chi connectivity index (χ0n) is 7.27. The average molecular weight is 188 g/mol. The first-order valence-electron chi connectivity index (χ1n) is 4.02. The summed E-state index contributed by atoms with van der Waals surface area (Å²) in [7, 11) is 0. The summed E-state index contributed by atoms with van der Waals surface area (Å²) in [4.78, 5) is 15.0. The summed E-state index contributed by atoms with van der Waals surface area (Å²) >= 11 is 0. The van der Waals surface area contributed by atoms with Gasteiger partial charge in [0.25, 0.3) is 0 Å². The van der Waals surface area contributed by atoms with E-state index in [0.29, 0.717) is 11.3 Å². The molecule has 0 aliphatic heterocycles. The van der Waals surface area contributed by atoms with Gasteiger partial charge >= 0.3 is 0 Å². The summed E-state index contributed by atoms with van der Waals surface area (Å²) < 4.78 is 0. The SMILES string of the molecule is NC(=O)c1ccnc(-c2cn[nH]c2)c1. The molecule has 0 fully saturated rings. The molecule has 0 unspecified atom stereocenters. The minimum absolute atomic E-state index is 0.441. The molecule has 5 heteroatoms. The molecular formula is C9H8N4O. The largest absolute Gasteiger partial charge is 0.366 e. The average Bonchev–Trinajstić information content (AvgIpc) is 2.71. The maximum Gasteiger partial charge on any atom is 0.248 e. The Hall–Kier alpha value is -2.17. The lowest BCUT2D eigenvalue weighted by atomic mass is 10.1. The molecule has 5 nitrogen and oxygen atoms in total. The molecule has 2 rings (SSSR count). The number of nitrogens with zero attached hydrogens (tertiary/aromatic N) is 2. The Bertz CT molecular complexity index is 450. The van der Waals surface area contributed by atoms with Gasteiger partial charge in [-0.15, -0.1) is 0 Å². The predicted molar refractivity (Wildman–Crippen MR) is 50.3 cm³/mol. The van der Waals surface area contributed by atoms with E-state index in [2.05, 4.69) is 15.2 Å². The zero-order valence-corrected chi connectivity index (χ0v) is 7.27. The molecule has 2 heterocycles. The van der Waals surface area contributed by atoms with Crippen LogP contribution >= 0.6 is 0 Å². The van der Waals surface area contributed by atoms with Gasteiger partial charge in [0.05, 0.1) is 11.9 Å². The third-order valence-corrected chi connectivity index (χ3v) is 1.84. The minimum Gasteiger partial charge on any atom is -0.366 e. The van der Waals surface area contributed by atoms with Crippen molar-refractivity contribution in [1.82, 2.24) is 15.2 Å². The van der Waals surface area contributed by atoms with E-state index in [4.69, 9.17) is 5.73 Å². The molecular weight excluding hydrogens is 180 g/mol. The minimum atomic E-state index is -0.461. The molecule has 0 aliphatic carbocycles. The van der Waals surface area contributed by atoms with Crippen LogP contribution in [0.4, 0.5) is 0 Å². The van der Waals surface area contributed by atoms with Crippen molar-refractivity contribution >= 4 is 5.91 Å². The van der Waals surface area contributed by atoms with Gasteiger partial charge in [-0.2, -0.15) is 5.10 Å². The van der Waals surface area contributed by atoms with Crippen molar-refractivity contribution in [2.45, 2.75) is 0 Å². The number of carbonyl (C=O) groups is 1. The predicted octanol–water partition coefficient (Wildman–Crippen LogP) is 0.571. The van der Waals surface area contributed by atoms with Crippen LogP contribution in [0.1, 0.15) is 10.4 Å². The third kappa shape index (κ3) is 1.47. The Kier molecular flexibility index (Phi) is 1.98. The number of primary amides is 1. The van der Waals surface area contributed by atoms with E-state index in [1.165, 1.54) is 0 Å². The summed E-state index contributed by atoms with van der Waals surface area (Å²) in [6.45, 7) is 0. The number of pyridine rings is 1. The highest BCUT2D eigenvalue weighted by Gasteiger charge is 2.04. The van der Waals surface area contributed by atoms with E-state index in [1.54, 1.807) is 30.7 Å². The van der Waals surface area contributed by atoms with E-state index in [1.807, 2.05) is 0 Å². The molecule has 1 amide bonds. The number of aromatic amines is 1. The molecule has 2 aromatic rings. The quantitative estimate of drug-likeness (QED) is 0.722. The van der Waals surface area contributed by atoms with Gasteiger partial charge in [-0.3, -0.25) is 14.9 Å². The van der Waals surface area contributed by atoms with E-state index in [0.717, 1.165) is 5.56 Å². The highest BCUT2D eigenvalue weighted by Crippen LogP contribution is 2.15. The molecule has 0 aliphatic rings. The van der Waals surface area contributed by atoms with Crippen molar-refractivity contribution < 1.29 is 4.79 Å². The summed E-state index contributed by atoms with van der Waals surface area (Å²) in [5.74, 6) is -0.461. The number of amides is 1. The summed E-state index contributed by atoms with van der Waals surface area (Å²) in [6, 6.07) is 3.21. The van der Waals surface area contributed by atoms with Crippen molar-refractivity contribution in [3.8, 4) is 11.3 Å². The van der Waals surface area contributed by atoms with Crippen LogP contribution in [0.15, 0.2) is 30.7 Å². The lowest BCUT2D eigenvalue weighted by Gasteiger charge is -1.98. The van der Waals surface area contributed by atoms with Gasteiger partial charge in [-0.25, -0.2) is 0 Å². The highest BCUT2D eigenvalue weighted by atomic mass is 16.1. The van der Waals surface area contributed by atoms with Gasteiger partial charge in [0.2, 0.25) is 5.91 Å². The van der Waals surface area contributed by atoms with Gasteiger partial charge in [-0.05, 0) is 12.1 Å². The molecule has 3 N–H and O–H groups in total. The molecule has 0 spiro atoms. The monoisotopic (exact) mass is 188 g/mol. The summed E-state index contributed by atoms with van der Waals surface area (Å²) in [5.41, 5.74) is 7.09. The number of nitrogens with one attached hydrogen (secondary N) is 1. The molecule has 2 aromatic heterocycles. The maximum atomic E-state index is 10.9. The first kappa shape index (κ1) is 8.43. The number of aromatic nitrogens is 3. The smallest absolute Gasteiger partial charge is 0.248 e. The van der Waals surface area contributed by atoms with E-state index in [-0.39, 0.29) is 0 Å². The summed E-state index contributed by atoms with van der Waals surface area (Å²) in [6.07, 6.45) is 4.88. The van der Waals surface area contributed by atoms with Crippen LogP contribution in [0.5, 0.6) is 0 Å². The van der Waals surface area contributed by atoms with E-state index >= 15 is 0 Å². The Balaban J connectivity index is 2.46. The van der Waals surface area contributed by atoms with Gasteiger partial charge in [0, 0.05) is 23.5 Å². The zero-order chi connectivity index (χ0) is 9.97. The number of hydrogen-bond donors (Lipinski definition) is 2. The molecule has 0 saturated carbocycles. The van der Waals surface area contributed by atoms with E-state index < -0.39 is 5.91 Å². The van der Waals surface area contributed by atoms with Crippen LogP contribution < -0.4 is 5.73 Å². The maximum absolute atomic E-state index is 10.9. The Morgan fingerprint density at radius 3 is 3.00 bits per heavy atom. The molecule has 0 radical (unpaired) electrons. The van der Waals surface area contributed by atoms with Gasteiger partial charge < -0.3 is 5.73 Å². The van der Waals surface area contributed by atoms with Crippen molar-refractivity contribution in [1.29, 1.82) is 0 Å². The Morgan fingerprint density at radius 2 is 2.36 bits per heavy atom. The second-order valence-electron chi connectivity index (χ2n) is 2.78. The topological polar surface area (TPSA) is 84.7 Å². The fraction of sp³-hybridized carbons (Fsp3) is 0. The van der Waals surface area contributed by atoms with E-state index in [9.17, 15) is 4.79 Å². The Labute approximate surface area is 80.0 Å². The molecule has 14 heavy (non-hydrogen) atoms. The van der Waals surface area contributed by atoms with Gasteiger partial charge in [-0.1, -0.05) is 0 Å². The number of nitrogens with two attached hydrogens (primary N) is 1. The van der Waals surface area contributed by atoms with Crippen LogP contribution in [-0.2, 0) is 0 Å². The highest BCUT2D eigenvalue weighted by molar-refractivity contribution is 5.93. The summed E-state index contributed by atoms with van der Waals surface area (Å²) in [5, 5.41) is 6.46. The van der Waals surface area contributed by atoms with Gasteiger partial charge in [0.1, 0.15) is 0 Å². The number of H-pyrrole nitrogens is 1. The Morgan fingerprint density at radius 1 is 1.50 bits per heavy atom. The van der Waals surface area contributed by atoms with Crippen LogP contribution in [0.25, 0.3) is 11.3 Å².